The molecule has 0 radical (unpaired) electrons. The molecule has 5 nitrogen and oxygen atoms in total. The van der Waals surface area contributed by atoms with E-state index in [1.807, 2.05) is 19.6 Å². The highest BCUT2D eigenvalue weighted by molar-refractivity contribution is 5.06. The Morgan fingerprint density at radius 2 is 2.42 bits per heavy atom. The Bertz CT molecular complexity index is 379. The van der Waals surface area contributed by atoms with E-state index in [1.165, 1.54) is 18.5 Å². The molecule has 1 fully saturated rings. The highest BCUT2D eigenvalue weighted by Gasteiger charge is 2.27. The van der Waals surface area contributed by atoms with Gasteiger partial charge in [-0.15, -0.1) is 0 Å². The molecule has 1 aliphatic heterocycles. The maximum absolute atomic E-state index is 5.99. The molecule has 1 aromatic rings. The summed E-state index contributed by atoms with van der Waals surface area (Å²) in [5.41, 5.74) is 7.18. The number of nitrogens with two attached hydrogens (primary N) is 1. The third-order valence-corrected chi connectivity index (χ3v) is 3.83. The minimum atomic E-state index is 0.250. The van der Waals surface area contributed by atoms with Crippen LogP contribution in [0.4, 0.5) is 0 Å². The first-order valence-electron chi connectivity index (χ1n) is 7.28. The maximum Gasteiger partial charge on any atom is 0.0946 e. The fraction of sp³-hybridized carbons (Fsp3) is 0.786. The molecule has 1 aromatic heterocycles. The summed E-state index contributed by atoms with van der Waals surface area (Å²) in [5, 5.41) is 0. The Morgan fingerprint density at radius 3 is 3.05 bits per heavy atom. The van der Waals surface area contributed by atoms with E-state index in [0.717, 1.165) is 26.1 Å². The van der Waals surface area contributed by atoms with Crippen LogP contribution >= 0.6 is 0 Å². The van der Waals surface area contributed by atoms with Crippen LogP contribution in [0.3, 0.4) is 0 Å². The molecule has 2 rings (SSSR count). The highest BCUT2D eigenvalue weighted by atomic mass is 16.5. The van der Waals surface area contributed by atoms with E-state index in [1.54, 1.807) is 0 Å². The number of nitrogens with zero attached hydrogens (tertiary/aromatic N) is 3. The Balaban J connectivity index is 2.00. The summed E-state index contributed by atoms with van der Waals surface area (Å²) in [4.78, 5) is 6.65. The lowest BCUT2D eigenvalue weighted by Crippen LogP contribution is -2.44. The predicted octanol–water partition coefficient (Wildman–Crippen LogP) is 1.31. The second-order valence-corrected chi connectivity index (χ2v) is 5.31. The molecule has 0 bridgehead atoms. The van der Waals surface area contributed by atoms with Gasteiger partial charge < -0.3 is 15.0 Å². The zero-order valence-corrected chi connectivity index (χ0v) is 12.1. The van der Waals surface area contributed by atoms with Crippen LogP contribution in [-0.2, 0) is 11.8 Å². The van der Waals surface area contributed by atoms with Gasteiger partial charge in [-0.2, -0.15) is 0 Å². The smallest absolute Gasteiger partial charge is 0.0946 e. The molecule has 0 saturated carbocycles. The van der Waals surface area contributed by atoms with Crippen LogP contribution in [0.15, 0.2) is 12.5 Å². The maximum atomic E-state index is 5.99. The molecule has 0 aromatic carbocycles. The van der Waals surface area contributed by atoms with Gasteiger partial charge in [0.2, 0.25) is 0 Å². The van der Waals surface area contributed by atoms with Gasteiger partial charge in [0.25, 0.3) is 0 Å². The average molecular weight is 266 g/mol. The third kappa shape index (κ3) is 3.55. The molecular weight excluding hydrogens is 240 g/mol. The van der Waals surface area contributed by atoms with E-state index in [-0.39, 0.29) is 6.04 Å². The van der Waals surface area contributed by atoms with Gasteiger partial charge in [-0.1, -0.05) is 6.92 Å². The molecule has 1 aliphatic rings. The summed E-state index contributed by atoms with van der Waals surface area (Å²) in [6, 6.07) is 0.250. The van der Waals surface area contributed by atoms with Crippen molar-refractivity contribution in [3.63, 3.8) is 0 Å². The quantitative estimate of drug-likeness (QED) is 0.843. The molecule has 5 heteroatoms. The van der Waals surface area contributed by atoms with Crippen molar-refractivity contribution in [3.05, 3.63) is 18.2 Å². The van der Waals surface area contributed by atoms with Crippen molar-refractivity contribution in [1.29, 1.82) is 0 Å². The van der Waals surface area contributed by atoms with Crippen LogP contribution in [0.5, 0.6) is 0 Å². The van der Waals surface area contributed by atoms with Gasteiger partial charge >= 0.3 is 0 Å². The van der Waals surface area contributed by atoms with Crippen molar-refractivity contribution in [3.8, 4) is 0 Å². The molecule has 108 valence electrons. The Kier molecular flexibility index (Phi) is 5.36. The molecule has 2 atom stereocenters. The number of hydrogen-bond donors (Lipinski definition) is 1. The lowest BCUT2D eigenvalue weighted by Gasteiger charge is -2.37. The monoisotopic (exact) mass is 266 g/mol. The van der Waals surface area contributed by atoms with Crippen LogP contribution in [0.1, 0.15) is 37.9 Å². The summed E-state index contributed by atoms with van der Waals surface area (Å²) < 4.78 is 7.96. The number of piperidine rings is 1. The van der Waals surface area contributed by atoms with Gasteiger partial charge in [0, 0.05) is 32.9 Å². The molecule has 2 N–H and O–H groups in total. The van der Waals surface area contributed by atoms with Crippen molar-refractivity contribution in [1.82, 2.24) is 14.5 Å². The van der Waals surface area contributed by atoms with Crippen molar-refractivity contribution in [2.45, 2.75) is 38.3 Å². The molecule has 0 amide bonds. The third-order valence-electron chi connectivity index (χ3n) is 3.83. The number of imidazole rings is 1. The Morgan fingerprint density at radius 1 is 1.58 bits per heavy atom. The fourth-order valence-corrected chi connectivity index (χ4v) is 2.82. The van der Waals surface area contributed by atoms with E-state index in [0.29, 0.717) is 12.6 Å². The standard InChI is InChI=1S/C14H26N4O/c1-3-7-19-12-5-4-6-18(10-12)13(8-15)14-9-16-11-17(14)2/h9,11-13H,3-8,10,15H2,1-2H3. The summed E-state index contributed by atoms with van der Waals surface area (Å²) in [5.74, 6) is 0. The van der Waals surface area contributed by atoms with Crippen molar-refractivity contribution in [2.75, 3.05) is 26.2 Å². The van der Waals surface area contributed by atoms with Gasteiger partial charge in [0.05, 0.1) is 24.2 Å². The van der Waals surface area contributed by atoms with Crippen molar-refractivity contribution < 1.29 is 4.74 Å². The van der Waals surface area contributed by atoms with E-state index in [4.69, 9.17) is 10.5 Å². The summed E-state index contributed by atoms with van der Waals surface area (Å²) in [6.45, 7) is 5.71. The summed E-state index contributed by atoms with van der Waals surface area (Å²) in [6.07, 6.45) is 7.55. The number of hydrogen-bond acceptors (Lipinski definition) is 4. The van der Waals surface area contributed by atoms with Gasteiger partial charge in [0.1, 0.15) is 0 Å². The predicted molar refractivity (Wildman–Crippen MR) is 75.8 cm³/mol. The summed E-state index contributed by atoms with van der Waals surface area (Å²) >= 11 is 0. The summed E-state index contributed by atoms with van der Waals surface area (Å²) in [7, 11) is 2.03. The molecule has 2 heterocycles. The average Bonchev–Trinajstić information content (AvgIpc) is 2.84. The van der Waals surface area contributed by atoms with E-state index < -0.39 is 0 Å². The van der Waals surface area contributed by atoms with Crippen molar-refractivity contribution >= 4 is 0 Å². The lowest BCUT2D eigenvalue weighted by atomic mass is 10.0. The number of rotatable bonds is 6. The van der Waals surface area contributed by atoms with E-state index in [2.05, 4.69) is 21.4 Å². The normalized spacial score (nSPS) is 22.6. The van der Waals surface area contributed by atoms with Gasteiger partial charge in [-0.3, -0.25) is 4.90 Å². The Hall–Kier alpha value is -0.910. The van der Waals surface area contributed by atoms with Gasteiger partial charge in [-0.05, 0) is 25.8 Å². The first-order chi connectivity index (χ1) is 9.26. The van der Waals surface area contributed by atoms with E-state index >= 15 is 0 Å². The second-order valence-electron chi connectivity index (χ2n) is 5.31. The molecule has 0 spiro atoms. The molecule has 1 saturated heterocycles. The van der Waals surface area contributed by atoms with E-state index in [9.17, 15) is 0 Å². The van der Waals surface area contributed by atoms with Crippen LogP contribution in [0.25, 0.3) is 0 Å². The SMILES string of the molecule is CCCOC1CCCN(C(CN)c2cncn2C)C1. The number of ether oxygens (including phenoxy) is 1. The van der Waals surface area contributed by atoms with Crippen LogP contribution < -0.4 is 5.73 Å². The Labute approximate surface area is 115 Å². The number of aromatic nitrogens is 2. The zero-order chi connectivity index (χ0) is 13.7. The molecule has 0 aliphatic carbocycles. The zero-order valence-electron chi connectivity index (χ0n) is 12.1. The van der Waals surface area contributed by atoms with Crippen LogP contribution in [0.2, 0.25) is 0 Å². The minimum Gasteiger partial charge on any atom is -0.377 e. The molecule has 19 heavy (non-hydrogen) atoms. The number of likely N-dealkylation sites (tertiary alicyclic amines) is 1. The minimum absolute atomic E-state index is 0.250. The first-order valence-corrected chi connectivity index (χ1v) is 7.28. The van der Waals surface area contributed by atoms with Crippen molar-refractivity contribution in [2.24, 2.45) is 12.8 Å². The molecular formula is C14H26N4O. The lowest BCUT2D eigenvalue weighted by molar-refractivity contribution is -0.0126. The fourth-order valence-electron chi connectivity index (χ4n) is 2.82. The van der Waals surface area contributed by atoms with Gasteiger partial charge in [-0.25, -0.2) is 4.98 Å². The van der Waals surface area contributed by atoms with Gasteiger partial charge in [0.15, 0.2) is 0 Å². The highest BCUT2D eigenvalue weighted by Crippen LogP contribution is 2.24. The van der Waals surface area contributed by atoms with Crippen LogP contribution in [0, 0.1) is 0 Å². The molecule has 2 unspecified atom stereocenters. The first kappa shape index (κ1) is 14.5. The largest absolute Gasteiger partial charge is 0.377 e. The van der Waals surface area contributed by atoms with Crippen LogP contribution in [-0.4, -0.2) is 46.8 Å². The second kappa shape index (κ2) is 7.03. The number of aryl methyl sites for hydroxylation is 1. The topological polar surface area (TPSA) is 56.3 Å².